The molecule has 10 heteroatoms. The first-order valence-corrected chi connectivity index (χ1v) is 12.6. The summed E-state index contributed by atoms with van der Waals surface area (Å²) in [6.07, 6.45) is 7.24. The van der Waals surface area contributed by atoms with Gasteiger partial charge in [0.05, 0.1) is 50.5 Å². The van der Waals surface area contributed by atoms with Crippen molar-refractivity contribution in [2.24, 2.45) is 7.05 Å². The van der Waals surface area contributed by atoms with Crippen molar-refractivity contribution in [1.29, 1.82) is 0 Å². The third kappa shape index (κ3) is 5.26. The number of hydrogen-bond donors (Lipinski definition) is 0. The Bertz CT molecular complexity index is 1420. The average molecular weight is 517 g/mol. The van der Waals surface area contributed by atoms with Gasteiger partial charge in [-0.2, -0.15) is 5.10 Å². The van der Waals surface area contributed by atoms with Crippen LogP contribution in [0.1, 0.15) is 12.8 Å². The summed E-state index contributed by atoms with van der Waals surface area (Å²) in [5.41, 5.74) is 5.09. The van der Waals surface area contributed by atoms with E-state index in [0.29, 0.717) is 24.6 Å². The molecule has 1 saturated heterocycles. The maximum atomic E-state index is 12.3. The molecule has 2 aromatic heterocycles. The van der Waals surface area contributed by atoms with Crippen molar-refractivity contribution in [3.05, 3.63) is 55.0 Å². The van der Waals surface area contributed by atoms with Crippen LogP contribution in [-0.4, -0.2) is 77.6 Å². The number of benzene rings is 2. The maximum Gasteiger partial charge on any atom is 0.323 e. The SMILES string of the molecule is COC(=O)C1CCCN1CCN(c1cc(OC)cc(OC)c1)c1ccc2ncc(-c3cnn(C)c3)nc2c1. The van der Waals surface area contributed by atoms with Crippen LogP contribution in [0.5, 0.6) is 11.5 Å². The van der Waals surface area contributed by atoms with Gasteiger partial charge in [-0.05, 0) is 37.6 Å². The van der Waals surface area contributed by atoms with E-state index in [0.717, 1.165) is 53.1 Å². The van der Waals surface area contributed by atoms with Crippen LogP contribution >= 0.6 is 0 Å². The second-order valence-corrected chi connectivity index (χ2v) is 9.27. The van der Waals surface area contributed by atoms with Crippen molar-refractivity contribution in [3.63, 3.8) is 0 Å². The first-order valence-electron chi connectivity index (χ1n) is 12.6. The number of rotatable bonds is 9. The van der Waals surface area contributed by atoms with Crippen LogP contribution < -0.4 is 14.4 Å². The largest absolute Gasteiger partial charge is 0.497 e. The Morgan fingerprint density at radius 2 is 1.82 bits per heavy atom. The predicted octanol–water partition coefficient (Wildman–Crippen LogP) is 3.82. The molecule has 1 atom stereocenters. The minimum atomic E-state index is -0.216. The van der Waals surface area contributed by atoms with E-state index in [1.165, 1.54) is 7.11 Å². The van der Waals surface area contributed by atoms with Gasteiger partial charge in [0.1, 0.15) is 17.5 Å². The number of aromatic nitrogens is 4. The van der Waals surface area contributed by atoms with Gasteiger partial charge in [0, 0.05) is 61.5 Å². The normalized spacial score (nSPS) is 15.5. The molecule has 0 radical (unpaired) electrons. The molecule has 0 N–H and O–H groups in total. The fourth-order valence-corrected chi connectivity index (χ4v) is 4.94. The lowest BCUT2D eigenvalue weighted by Crippen LogP contribution is -2.41. The number of fused-ring (bicyclic) bond motifs is 1. The summed E-state index contributed by atoms with van der Waals surface area (Å²) in [7, 11) is 6.60. The van der Waals surface area contributed by atoms with Gasteiger partial charge < -0.3 is 19.1 Å². The molecule has 1 aliphatic heterocycles. The number of anilines is 2. The van der Waals surface area contributed by atoms with Crippen LogP contribution in [0, 0.1) is 0 Å². The number of esters is 1. The fraction of sp³-hybridized carbons (Fsp3) is 0.357. The highest BCUT2D eigenvalue weighted by molar-refractivity contribution is 5.83. The summed E-state index contributed by atoms with van der Waals surface area (Å²) in [4.78, 5) is 26.2. The lowest BCUT2D eigenvalue weighted by molar-refractivity contribution is -0.145. The van der Waals surface area contributed by atoms with Gasteiger partial charge >= 0.3 is 5.97 Å². The van der Waals surface area contributed by atoms with Crippen LogP contribution in [0.15, 0.2) is 55.0 Å². The molecule has 4 aromatic rings. The minimum absolute atomic E-state index is 0.180. The number of carbonyl (C=O) groups is 1. The highest BCUT2D eigenvalue weighted by atomic mass is 16.5. The number of nitrogens with zero attached hydrogens (tertiary/aromatic N) is 6. The fourth-order valence-electron chi connectivity index (χ4n) is 4.94. The summed E-state index contributed by atoms with van der Waals surface area (Å²) >= 11 is 0. The summed E-state index contributed by atoms with van der Waals surface area (Å²) in [6, 6.07) is 11.6. The van der Waals surface area contributed by atoms with E-state index >= 15 is 0 Å². The van der Waals surface area contributed by atoms with Crippen molar-refractivity contribution in [2.75, 3.05) is 45.9 Å². The van der Waals surface area contributed by atoms with Crippen molar-refractivity contribution in [1.82, 2.24) is 24.6 Å². The van der Waals surface area contributed by atoms with Crippen LogP contribution in [0.25, 0.3) is 22.3 Å². The number of ether oxygens (including phenoxy) is 3. The van der Waals surface area contributed by atoms with E-state index in [1.807, 2.05) is 49.6 Å². The summed E-state index contributed by atoms with van der Waals surface area (Å²) in [5, 5.41) is 4.26. The number of methoxy groups -OCH3 is 3. The lowest BCUT2D eigenvalue weighted by Gasteiger charge is -2.30. The molecule has 1 aliphatic rings. The molecule has 0 aliphatic carbocycles. The van der Waals surface area contributed by atoms with Gasteiger partial charge in [0.2, 0.25) is 0 Å². The lowest BCUT2D eigenvalue weighted by atomic mass is 10.2. The molecular weight excluding hydrogens is 484 g/mol. The summed E-state index contributed by atoms with van der Waals surface area (Å²) in [6.45, 7) is 2.16. The van der Waals surface area contributed by atoms with Crippen molar-refractivity contribution in [2.45, 2.75) is 18.9 Å². The van der Waals surface area contributed by atoms with E-state index in [1.54, 1.807) is 31.3 Å². The van der Waals surface area contributed by atoms with Crippen LogP contribution in [0.3, 0.4) is 0 Å². The zero-order valence-electron chi connectivity index (χ0n) is 22.1. The monoisotopic (exact) mass is 516 g/mol. The first-order chi connectivity index (χ1) is 18.5. The minimum Gasteiger partial charge on any atom is -0.497 e. The van der Waals surface area contributed by atoms with Crippen LogP contribution in [0.2, 0.25) is 0 Å². The smallest absolute Gasteiger partial charge is 0.323 e. The molecule has 1 fully saturated rings. The van der Waals surface area contributed by atoms with Gasteiger partial charge in [-0.15, -0.1) is 0 Å². The molecular formula is C28H32N6O4. The second-order valence-electron chi connectivity index (χ2n) is 9.27. The number of carbonyl (C=O) groups excluding carboxylic acids is 1. The topological polar surface area (TPSA) is 94.8 Å². The Morgan fingerprint density at radius 1 is 1.03 bits per heavy atom. The summed E-state index contributed by atoms with van der Waals surface area (Å²) in [5.74, 6) is 1.20. The Kier molecular flexibility index (Phi) is 7.41. The van der Waals surface area contributed by atoms with Gasteiger partial charge in [0.25, 0.3) is 0 Å². The quantitative estimate of drug-likeness (QED) is 0.308. The van der Waals surface area contributed by atoms with Crippen LogP contribution in [-0.2, 0) is 16.6 Å². The highest BCUT2D eigenvalue weighted by Gasteiger charge is 2.31. The predicted molar refractivity (Wildman–Crippen MR) is 145 cm³/mol. The molecule has 5 rings (SSSR count). The van der Waals surface area contributed by atoms with Crippen LogP contribution in [0.4, 0.5) is 11.4 Å². The van der Waals surface area contributed by atoms with E-state index in [4.69, 9.17) is 19.2 Å². The van der Waals surface area contributed by atoms with Crippen molar-refractivity contribution >= 4 is 28.4 Å². The second kappa shape index (κ2) is 11.1. The van der Waals surface area contributed by atoms with Gasteiger partial charge in [-0.25, -0.2) is 4.98 Å². The molecule has 0 spiro atoms. The number of likely N-dealkylation sites (tertiary alicyclic amines) is 1. The molecule has 198 valence electrons. The first kappa shape index (κ1) is 25.5. The van der Waals surface area contributed by atoms with Gasteiger partial charge in [0.15, 0.2) is 0 Å². The average Bonchev–Trinajstić information content (AvgIpc) is 3.61. The zero-order chi connectivity index (χ0) is 26.6. The zero-order valence-corrected chi connectivity index (χ0v) is 22.1. The molecule has 38 heavy (non-hydrogen) atoms. The van der Waals surface area contributed by atoms with E-state index in [2.05, 4.69) is 19.9 Å². The Balaban J connectivity index is 1.52. The summed E-state index contributed by atoms with van der Waals surface area (Å²) < 4.78 is 17.9. The van der Waals surface area contributed by atoms with E-state index < -0.39 is 0 Å². The number of hydrogen-bond acceptors (Lipinski definition) is 9. The Labute approximate surface area is 221 Å². The van der Waals surface area contributed by atoms with E-state index in [-0.39, 0.29) is 12.0 Å². The Morgan fingerprint density at radius 3 is 2.50 bits per heavy atom. The standard InChI is InChI=1S/C28H32N6O4/c1-32-18-19(16-30-32)26-17-29-24-8-7-20(14-25(24)31-26)34(21-12-22(36-2)15-23(13-21)37-3)11-10-33-9-5-6-27(33)28(35)38-4/h7-8,12-18,27H,5-6,9-11H2,1-4H3. The molecule has 1 unspecified atom stereocenters. The molecule has 2 aromatic carbocycles. The molecule has 3 heterocycles. The maximum absolute atomic E-state index is 12.3. The van der Waals surface area contributed by atoms with Crippen molar-refractivity contribution < 1.29 is 19.0 Å². The number of aryl methyl sites for hydroxylation is 1. The highest BCUT2D eigenvalue weighted by Crippen LogP contribution is 2.34. The van der Waals surface area contributed by atoms with E-state index in [9.17, 15) is 4.79 Å². The Hall–Kier alpha value is -4.18. The van der Waals surface area contributed by atoms with Crippen molar-refractivity contribution in [3.8, 4) is 22.8 Å². The molecule has 10 nitrogen and oxygen atoms in total. The third-order valence-electron chi connectivity index (χ3n) is 6.93. The molecule has 0 bridgehead atoms. The third-order valence-corrected chi connectivity index (χ3v) is 6.93. The molecule has 0 amide bonds. The van der Waals surface area contributed by atoms with Gasteiger partial charge in [-0.1, -0.05) is 0 Å². The molecule has 0 saturated carbocycles. The van der Waals surface area contributed by atoms with Gasteiger partial charge in [-0.3, -0.25) is 19.4 Å².